The molecule has 0 unspecified atom stereocenters. The first-order valence-corrected chi connectivity index (χ1v) is 5.96. The average Bonchev–Trinajstić information content (AvgIpc) is 2.83. The molecule has 5 nitrogen and oxygen atoms in total. The van der Waals surface area contributed by atoms with Crippen LogP contribution in [0.15, 0.2) is 36.9 Å². The predicted molar refractivity (Wildman–Crippen MR) is 70.7 cm³/mol. The van der Waals surface area contributed by atoms with Crippen LogP contribution in [0.3, 0.4) is 0 Å². The molecule has 0 fully saturated rings. The molecule has 19 heavy (non-hydrogen) atoms. The summed E-state index contributed by atoms with van der Waals surface area (Å²) >= 11 is 0. The van der Waals surface area contributed by atoms with Crippen molar-refractivity contribution in [2.24, 2.45) is 0 Å². The number of nitrogens with one attached hydrogen (secondary N) is 1. The number of imidazole rings is 1. The number of halogens is 1. The van der Waals surface area contributed by atoms with E-state index >= 15 is 0 Å². The van der Waals surface area contributed by atoms with E-state index in [1.165, 1.54) is 18.5 Å². The van der Waals surface area contributed by atoms with Crippen molar-refractivity contribution in [2.75, 3.05) is 5.32 Å². The van der Waals surface area contributed by atoms with Gasteiger partial charge in [0.05, 0.1) is 6.33 Å². The molecule has 0 amide bonds. The van der Waals surface area contributed by atoms with E-state index in [1.54, 1.807) is 18.5 Å². The second kappa shape index (κ2) is 4.64. The van der Waals surface area contributed by atoms with Gasteiger partial charge in [-0.1, -0.05) is 6.07 Å². The third-order valence-corrected chi connectivity index (χ3v) is 2.83. The molecule has 3 rings (SSSR count). The van der Waals surface area contributed by atoms with Crippen LogP contribution < -0.4 is 5.32 Å². The van der Waals surface area contributed by atoms with Crippen LogP contribution in [-0.2, 0) is 6.54 Å². The molecule has 0 saturated heterocycles. The summed E-state index contributed by atoms with van der Waals surface area (Å²) in [6.45, 7) is 2.80. The van der Waals surface area contributed by atoms with Gasteiger partial charge in [-0.3, -0.25) is 0 Å². The molecule has 6 heteroatoms. The second-order valence-corrected chi connectivity index (χ2v) is 4.06. The molecule has 2 heterocycles. The predicted octanol–water partition coefficient (Wildman–Crippen LogP) is 2.73. The maximum atomic E-state index is 13.2. The first-order valence-electron chi connectivity index (χ1n) is 5.96. The first kappa shape index (κ1) is 11.6. The molecule has 0 aliphatic heterocycles. The van der Waals surface area contributed by atoms with E-state index in [-0.39, 0.29) is 5.82 Å². The molecular weight excluding hydrogens is 245 g/mol. The van der Waals surface area contributed by atoms with E-state index < -0.39 is 0 Å². The Bertz CT molecular complexity index is 722. The summed E-state index contributed by atoms with van der Waals surface area (Å²) in [6, 6.07) is 6.21. The van der Waals surface area contributed by atoms with Crippen molar-refractivity contribution in [2.45, 2.75) is 13.5 Å². The van der Waals surface area contributed by atoms with Crippen molar-refractivity contribution >= 4 is 22.7 Å². The molecule has 96 valence electrons. The number of nitrogens with zero attached hydrogens (tertiary/aromatic N) is 4. The quantitative estimate of drug-likeness (QED) is 0.783. The molecule has 1 aromatic carbocycles. The number of benzene rings is 1. The first-order chi connectivity index (χ1) is 9.28. The number of anilines is 2. The number of aryl methyl sites for hydroxylation is 1. The van der Waals surface area contributed by atoms with Crippen molar-refractivity contribution in [3.05, 3.63) is 42.7 Å². The van der Waals surface area contributed by atoms with Crippen LogP contribution in [0.2, 0.25) is 0 Å². The molecular formula is C13H12FN5. The fraction of sp³-hybridized carbons (Fsp3) is 0.154. The Morgan fingerprint density at radius 3 is 2.95 bits per heavy atom. The van der Waals surface area contributed by atoms with E-state index in [2.05, 4.69) is 20.3 Å². The highest BCUT2D eigenvalue weighted by Crippen LogP contribution is 2.21. The second-order valence-electron chi connectivity index (χ2n) is 4.06. The highest BCUT2D eigenvalue weighted by atomic mass is 19.1. The molecule has 0 atom stereocenters. The van der Waals surface area contributed by atoms with Crippen molar-refractivity contribution in [1.82, 2.24) is 19.5 Å². The van der Waals surface area contributed by atoms with Gasteiger partial charge in [0.1, 0.15) is 12.1 Å². The van der Waals surface area contributed by atoms with E-state index in [0.717, 1.165) is 12.2 Å². The highest BCUT2D eigenvalue weighted by molar-refractivity contribution is 5.84. The Labute approximate surface area is 109 Å². The lowest BCUT2D eigenvalue weighted by Crippen LogP contribution is -1.98. The minimum absolute atomic E-state index is 0.297. The van der Waals surface area contributed by atoms with Gasteiger partial charge in [-0.05, 0) is 25.1 Å². The third-order valence-electron chi connectivity index (χ3n) is 2.83. The topological polar surface area (TPSA) is 55.6 Å². The van der Waals surface area contributed by atoms with Crippen molar-refractivity contribution in [3.8, 4) is 0 Å². The van der Waals surface area contributed by atoms with Crippen LogP contribution in [0.5, 0.6) is 0 Å². The van der Waals surface area contributed by atoms with Crippen molar-refractivity contribution in [3.63, 3.8) is 0 Å². The molecule has 0 bridgehead atoms. The summed E-state index contributed by atoms with van der Waals surface area (Å²) in [5.74, 6) is 0.275. The third kappa shape index (κ3) is 2.12. The van der Waals surface area contributed by atoms with Gasteiger partial charge in [0.2, 0.25) is 0 Å². The van der Waals surface area contributed by atoms with Crippen LogP contribution in [0.25, 0.3) is 11.2 Å². The molecule has 0 saturated carbocycles. The van der Waals surface area contributed by atoms with E-state index in [0.29, 0.717) is 17.0 Å². The normalized spacial score (nSPS) is 10.8. The number of hydrogen-bond donors (Lipinski definition) is 1. The number of fused-ring (bicyclic) bond motifs is 1. The Kier molecular flexibility index (Phi) is 2.83. The minimum Gasteiger partial charge on any atom is -0.338 e. The highest BCUT2D eigenvalue weighted by Gasteiger charge is 2.09. The number of rotatable bonds is 3. The smallest absolute Gasteiger partial charge is 0.165 e. The van der Waals surface area contributed by atoms with Crippen LogP contribution in [0, 0.1) is 5.82 Å². The molecule has 3 aromatic rings. The molecule has 0 aliphatic carbocycles. The van der Waals surface area contributed by atoms with E-state index in [1.807, 2.05) is 11.5 Å². The summed E-state index contributed by atoms with van der Waals surface area (Å²) in [5, 5.41) is 3.06. The van der Waals surface area contributed by atoms with Gasteiger partial charge in [-0.25, -0.2) is 19.3 Å². The van der Waals surface area contributed by atoms with Crippen LogP contribution >= 0.6 is 0 Å². The van der Waals surface area contributed by atoms with Gasteiger partial charge in [0, 0.05) is 12.2 Å². The summed E-state index contributed by atoms with van der Waals surface area (Å²) < 4.78 is 15.1. The van der Waals surface area contributed by atoms with Crippen LogP contribution in [0.4, 0.5) is 15.9 Å². The van der Waals surface area contributed by atoms with Gasteiger partial charge < -0.3 is 9.88 Å². The van der Waals surface area contributed by atoms with Crippen LogP contribution in [-0.4, -0.2) is 19.5 Å². The lowest BCUT2D eigenvalue weighted by molar-refractivity contribution is 0.628. The Morgan fingerprint density at radius 2 is 2.16 bits per heavy atom. The van der Waals surface area contributed by atoms with Gasteiger partial charge in [-0.2, -0.15) is 0 Å². The van der Waals surface area contributed by atoms with E-state index in [4.69, 9.17) is 0 Å². The van der Waals surface area contributed by atoms with E-state index in [9.17, 15) is 4.39 Å². The molecule has 2 aromatic heterocycles. The molecule has 0 spiro atoms. The number of hydrogen-bond acceptors (Lipinski definition) is 4. The SMILES string of the molecule is CCn1cnc2c(Nc3cccc(F)c3)ncnc21. The molecule has 0 aliphatic rings. The lowest BCUT2D eigenvalue weighted by atomic mass is 10.3. The summed E-state index contributed by atoms with van der Waals surface area (Å²) in [6.07, 6.45) is 3.19. The Hall–Kier alpha value is -2.50. The van der Waals surface area contributed by atoms with Gasteiger partial charge in [0.15, 0.2) is 17.0 Å². The average molecular weight is 257 g/mol. The summed E-state index contributed by atoms with van der Waals surface area (Å²) in [5.41, 5.74) is 2.07. The lowest BCUT2D eigenvalue weighted by Gasteiger charge is -2.06. The Balaban J connectivity index is 2.03. The Morgan fingerprint density at radius 1 is 1.26 bits per heavy atom. The zero-order chi connectivity index (χ0) is 13.2. The number of aromatic nitrogens is 4. The monoisotopic (exact) mass is 257 g/mol. The maximum Gasteiger partial charge on any atom is 0.165 e. The maximum absolute atomic E-state index is 13.2. The fourth-order valence-electron chi connectivity index (χ4n) is 1.91. The van der Waals surface area contributed by atoms with Crippen molar-refractivity contribution < 1.29 is 4.39 Å². The molecule has 1 N–H and O–H groups in total. The van der Waals surface area contributed by atoms with Gasteiger partial charge >= 0.3 is 0 Å². The zero-order valence-electron chi connectivity index (χ0n) is 10.3. The van der Waals surface area contributed by atoms with Crippen LogP contribution in [0.1, 0.15) is 6.92 Å². The fourth-order valence-corrected chi connectivity index (χ4v) is 1.91. The van der Waals surface area contributed by atoms with Gasteiger partial charge in [0.25, 0.3) is 0 Å². The zero-order valence-corrected chi connectivity index (χ0v) is 10.3. The molecule has 0 radical (unpaired) electrons. The standard InChI is InChI=1S/C13H12FN5/c1-2-19-8-17-11-12(15-7-16-13(11)19)18-10-5-3-4-9(14)6-10/h3-8H,2H2,1H3,(H,15,16,18). The summed E-state index contributed by atoms with van der Waals surface area (Å²) in [4.78, 5) is 12.7. The minimum atomic E-state index is -0.297. The van der Waals surface area contributed by atoms with Crippen molar-refractivity contribution in [1.29, 1.82) is 0 Å². The summed E-state index contributed by atoms with van der Waals surface area (Å²) in [7, 11) is 0. The van der Waals surface area contributed by atoms with Gasteiger partial charge in [-0.15, -0.1) is 0 Å². The largest absolute Gasteiger partial charge is 0.338 e.